The Morgan fingerprint density at radius 2 is 1.83 bits per heavy atom. The Morgan fingerprint density at radius 3 is 2.52 bits per heavy atom. The van der Waals surface area contributed by atoms with Gasteiger partial charge in [-0.15, -0.1) is 0 Å². The number of hydrogen-bond donors (Lipinski definition) is 2. The molecule has 4 nitrogen and oxygen atoms in total. The van der Waals surface area contributed by atoms with Gasteiger partial charge in [-0.3, -0.25) is 9.78 Å². The molecule has 1 amide bonds. The standard InChI is InChI=1S/C19H23N3O/c23-18(22-15-17-7-4-10-21-14-17)19(8-11-20-12-9-19)13-16-5-2-1-3-6-16/h1-7,10,14,20H,8-9,11-13,15H2,(H,22,23). The summed E-state index contributed by atoms with van der Waals surface area (Å²) < 4.78 is 0. The van der Waals surface area contributed by atoms with Gasteiger partial charge in [0.15, 0.2) is 0 Å². The quantitative estimate of drug-likeness (QED) is 0.891. The minimum absolute atomic E-state index is 0.159. The summed E-state index contributed by atoms with van der Waals surface area (Å²) >= 11 is 0. The molecular formula is C19H23N3O. The number of piperidine rings is 1. The molecule has 0 aliphatic carbocycles. The predicted molar refractivity (Wildman–Crippen MR) is 90.8 cm³/mol. The Balaban J connectivity index is 1.71. The van der Waals surface area contributed by atoms with Gasteiger partial charge in [-0.1, -0.05) is 36.4 Å². The van der Waals surface area contributed by atoms with E-state index in [1.807, 2.05) is 30.3 Å². The smallest absolute Gasteiger partial charge is 0.226 e. The molecule has 1 saturated heterocycles. The zero-order valence-corrected chi connectivity index (χ0v) is 13.3. The highest BCUT2D eigenvalue weighted by Crippen LogP contribution is 2.33. The van der Waals surface area contributed by atoms with Crippen LogP contribution >= 0.6 is 0 Å². The van der Waals surface area contributed by atoms with Crippen molar-refractivity contribution in [2.45, 2.75) is 25.8 Å². The molecule has 120 valence electrons. The molecule has 0 atom stereocenters. The van der Waals surface area contributed by atoms with Crippen molar-refractivity contribution in [3.05, 3.63) is 66.0 Å². The van der Waals surface area contributed by atoms with Gasteiger partial charge in [-0.2, -0.15) is 0 Å². The zero-order chi connectivity index (χ0) is 16.0. The molecule has 0 bridgehead atoms. The van der Waals surface area contributed by atoms with Crippen molar-refractivity contribution < 1.29 is 4.79 Å². The molecule has 2 aromatic rings. The van der Waals surface area contributed by atoms with Crippen LogP contribution in [-0.4, -0.2) is 24.0 Å². The molecule has 0 radical (unpaired) electrons. The van der Waals surface area contributed by atoms with E-state index < -0.39 is 0 Å². The molecule has 2 N–H and O–H groups in total. The first-order chi connectivity index (χ1) is 11.3. The molecule has 1 aromatic carbocycles. The van der Waals surface area contributed by atoms with Gasteiger partial charge in [0.25, 0.3) is 0 Å². The molecule has 0 unspecified atom stereocenters. The molecule has 1 aliphatic heterocycles. The van der Waals surface area contributed by atoms with Gasteiger partial charge in [0.1, 0.15) is 0 Å². The summed E-state index contributed by atoms with van der Waals surface area (Å²) in [6.07, 6.45) is 6.09. The lowest BCUT2D eigenvalue weighted by atomic mass is 9.73. The van der Waals surface area contributed by atoms with Gasteiger partial charge in [-0.05, 0) is 49.5 Å². The van der Waals surface area contributed by atoms with Gasteiger partial charge in [0.05, 0.1) is 5.41 Å². The van der Waals surface area contributed by atoms with Crippen LogP contribution in [0.2, 0.25) is 0 Å². The number of carbonyl (C=O) groups excluding carboxylic acids is 1. The van der Waals surface area contributed by atoms with E-state index >= 15 is 0 Å². The van der Waals surface area contributed by atoms with E-state index in [4.69, 9.17) is 0 Å². The molecule has 2 heterocycles. The van der Waals surface area contributed by atoms with E-state index in [0.29, 0.717) is 6.54 Å². The largest absolute Gasteiger partial charge is 0.351 e. The second kappa shape index (κ2) is 7.38. The second-order valence-electron chi connectivity index (χ2n) is 6.24. The van der Waals surface area contributed by atoms with Crippen molar-refractivity contribution in [2.24, 2.45) is 5.41 Å². The Labute approximate surface area is 137 Å². The monoisotopic (exact) mass is 309 g/mol. The highest BCUT2D eigenvalue weighted by molar-refractivity contribution is 5.83. The van der Waals surface area contributed by atoms with E-state index in [9.17, 15) is 4.79 Å². The van der Waals surface area contributed by atoms with E-state index in [0.717, 1.165) is 37.9 Å². The van der Waals surface area contributed by atoms with Crippen LogP contribution in [0, 0.1) is 5.41 Å². The normalized spacial score (nSPS) is 16.7. The molecular weight excluding hydrogens is 286 g/mol. The van der Waals surface area contributed by atoms with Crippen LogP contribution in [0.5, 0.6) is 0 Å². The van der Waals surface area contributed by atoms with Gasteiger partial charge in [-0.25, -0.2) is 0 Å². The summed E-state index contributed by atoms with van der Waals surface area (Å²) in [7, 11) is 0. The summed E-state index contributed by atoms with van der Waals surface area (Å²) in [5.41, 5.74) is 1.95. The van der Waals surface area contributed by atoms with E-state index in [-0.39, 0.29) is 11.3 Å². The second-order valence-corrected chi connectivity index (χ2v) is 6.24. The maximum absolute atomic E-state index is 12.9. The fraction of sp³-hybridized carbons (Fsp3) is 0.368. The van der Waals surface area contributed by atoms with Gasteiger partial charge < -0.3 is 10.6 Å². The fourth-order valence-corrected chi connectivity index (χ4v) is 3.25. The number of amides is 1. The summed E-state index contributed by atoms with van der Waals surface area (Å²) in [5, 5.41) is 6.49. The number of aromatic nitrogens is 1. The van der Waals surface area contributed by atoms with Crippen LogP contribution in [-0.2, 0) is 17.8 Å². The SMILES string of the molecule is O=C(NCc1cccnc1)C1(Cc2ccccc2)CCNCC1. The van der Waals surface area contributed by atoms with Gasteiger partial charge >= 0.3 is 0 Å². The van der Waals surface area contributed by atoms with Crippen LogP contribution < -0.4 is 10.6 Å². The van der Waals surface area contributed by atoms with Crippen molar-refractivity contribution in [2.75, 3.05) is 13.1 Å². The van der Waals surface area contributed by atoms with Crippen LogP contribution in [0.1, 0.15) is 24.0 Å². The van der Waals surface area contributed by atoms with Gasteiger partial charge in [0, 0.05) is 18.9 Å². The van der Waals surface area contributed by atoms with Crippen molar-refractivity contribution in [1.82, 2.24) is 15.6 Å². The third-order valence-corrected chi connectivity index (χ3v) is 4.60. The van der Waals surface area contributed by atoms with Crippen LogP contribution in [0.25, 0.3) is 0 Å². The van der Waals surface area contributed by atoms with Crippen molar-refractivity contribution >= 4 is 5.91 Å². The number of nitrogens with one attached hydrogen (secondary N) is 2. The third kappa shape index (κ3) is 3.96. The Morgan fingerprint density at radius 1 is 1.09 bits per heavy atom. The minimum Gasteiger partial charge on any atom is -0.351 e. The van der Waals surface area contributed by atoms with Crippen molar-refractivity contribution in [1.29, 1.82) is 0 Å². The molecule has 4 heteroatoms. The minimum atomic E-state index is -0.311. The van der Waals surface area contributed by atoms with Crippen LogP contribution in [0.4, 0.5) is 0 Å². The highest BCUT2D eigenvalue weighted by atomic mass is 16.2. The first-order valence-electron chi connectivity index (χ1n) is 8.20. The molecule has 0 saturated carbocycles. The lowest BCUT2D eigenvalue weighted by Crippen LogP contribution is -2.48. The molecule has 23 heavy (non-hydrogen) atoms. The molecule has 1 fully saturated rings. The average molecular weight is 309 g/mol. The van der Waals surface area contributed by atoms with E-state index in [1.165, 1.54) is 5.56 Å². The summed E-state index contributed by atoms with van der Waals surface area (Å²) in [6.45, 7) is 2.33. The van der Waals surface area contributed by atoms with Crippen molar-refractivity contribution in [3.63, 3.8) is 0 Å². The summed E-state index contributed by atoms with van der Waals surface area (Å²) in [4.78, 5) is 17.0. The average Bonchev–Trinajstić information content (AvgIpc) is 2.62. The van der Waals surface area contributed by atoms with Gasteiger partial charge in [0.2, 0.25) is 5.91 Å². The first kappa shape index (κ1) is 15.7. The zero-order valence-electron chi connectivity index (χ0n) is 13.3. The maximum atomic E-state index is 12.9. The number of benzene rings is 1. The Hall–Kier alpha value is -2.20. The highest BCUT2D eigenvalue weighted by Gasteiger charge is 2.39. The molecule has 3 rings (SSSR count). The number of nitrogens with zero attached hydrogens (tertiary/aromatic N) is 1. The maximum Gasteiger partial charge on any atom is 0.226 e. The van der Waals surface area contributed by atoms with Crippen LogP contribution in [0.15, 0.2) is 54.9 Å². The summed E-state index contributed by atoms with van der Waals surface area (Å²) in [5.74, 6) is 0.159. The number of rotatable bonds is 5. The van der Waals surface area contributed by atoms with Crippen LogP contribution in [0.3, 0.4) is 0 Å². The number of pyridine rings is 1. The van der Waals surface area contributed by atoms with E-state index in [2.05, 4.69) is 27.8 Å². The summed E-state index contributed by atoms with van der Waals surface area (Å²) in [6, 6.07) is 14.2. The topological polar surface area (TPSA) is 54.0 Å². The third-order valence-electron chi connectivity index (χ3n) is 4.60. The molecule has 1 aliphatic rings. The molecule has 0 spiro atoms. The van der Waals surface area contributed by atoms with Crippen molar-refractivity contribution in [3.8, 4) is 0 Å². The first-order valence-corrected chi connectivity index (χ1v) is 8.20. The Kier molecular flexibility index (Phi) is 5.03. The van der Waals surface area contributed by atoms with E-state index in [1.54, 1.807) is 12.4 Å². The number of hydrogen-bond acceptors (Lipinski definition) is 3. The Bertz CT molecular complexity index is 622. The fourth-order valence-electron chi connectivity index (χ4n) is 3.25. The molecule has 1 aromatic heterocycles. The lowest BCUT2D eigenvalue weighted by molar-refractivity contribution is -0.132. The lowest BCUT2D eigenvalue weighted by Gasteiger charge is -2.36. The number of carbonyl (C=O) groups is 1. The predicted octanol–water partition coefficient (Wildman–Crippen LogP) is 2.31.